The monoisotopic (exact) mass is 333 g/mol. The van der Waals surface area contributed by atoms with Crippen LogP contribution in [-0.4, -0.2) is 17.0 Å². The highest BCUT2D eigenvalue weighted by molar-refractivity contribution is 5.96. The molecule has 2 aliphatic rings. The molecule has 2 atom stereocenters. The molecule has 2 aromatic rings. The van der Waals surface area contributed by atoms with Crippen molar-refractivity contribution in [1.29, 1.82) is 0 Å². The van der Waals surface area contributed by atoms with Crippen molar-refractivity contribution in [3.05, 3.63) is 65.7 Å². The number of rotatable bonds is 3. The van der Waals surface area contributed by atoms with E-state index in [9.17, 15) is 14.7 Å². The van der Waals surface area contributed by atoms with Crippen molar-refractivity contribution in [2.75, 3.05) is 5.32 Å². The number of amides is 1. The average molecular weight is 333 g/mol. The van der Waals surface area contributed by atoms with E-state index in [1.54, 1.807) is 0 Å². The van der Waals surface area contributed by atoms with Gasteiger partial charge in [0.05, 0.1) is 11.8 Å². The number of fused-ring (bicyclic) bond motifs is 3. The summed E-state index contributed by atoms with van der Waals surface area (Å²) in [6.07, 6.45) is 5.48. The van der Waals surface area contributed by atoms with E-state index in [0.29, 0.717) is 12.8 Å². The highest BCUT2D eigenvalue weighted by Gasteiger charge is 2.34. The van der Waals surface area contributed by atoms with Gasteiger partial charge < -0.3 is 10.4 Å². The predicted octanol–water partition coefficient (Wildman–Crippen LogP) is 3.86. The molecule has 4 rings (SSSR count). The third kappa shape index (κ3) is 2.84. The second-order valence-electron chi connectivity index (χ2n) is 6.69. The molecule has 25 heavy (non-hydrogen) atoms. The van der Waals surface area contributed by atoms with Crippen LogP contribution in [0.5, 0.6) is 0 Å². The van der Waals surface area contributed by atoms with Gasteiger partial charge in [0.1, 0.15) is 0 Å². The van der Waals surface area contributed by atoms with E-state index in [0.717, 1.165) is 12.1 Å². The Kier molecular flexibility index (Phi) is 3.88. The van der Waals surface area contributed by atoms with E-state index in [2.05, 4.69) is 17.4 Å². The lowest BCUT2D eigenvalue weighted by atomic mass is 9.82. The zero-order valence-electron chi connectivity index (χ0n) is 13.7. The number of carbonyl (C=O) groups excluding carboxylic acids is 1. The van der Waals surface area contributed by atoms with Gasteiger partial charge in [-0.05, 0) is 53.6 Å². The Morgan fingerprint density at radius 1 is 0.920 bits per heavy atom. The topological polar surface area (TPSA) is 66.4 Å². The first kappa shape index (κ1) is 15.6. The summed E-state index contributed by atoms with van der Waals surface area (Å²) >= 11 is 0. The maximum atomic E-state index is 12.6. The van der Waals surface area contributed by atoms with E-state index >= 15 is 0 Å². The van der Waals surface area contributed by atoms with E-state index in [1.807, 2.05) is 42.5 Å². The molecule has 0 saturated heterocycles. The Hall–Kier alpha value is -2.88. The lowest BCUT2D eigenvalue weighted by Gasteiger charge is -2.24. The summed E-state index contributed by atoms with van der Waals surface area (Å²) in [7, 11) is 0. The molecule has 4 nitrogen and oxygen atoms in total. The van der Waals surface area contributed by atoms with Crippen molar-refractivity contribution in [2.24, 2.45) is 11.8 Å². The highest BCUT2D eigenvalue weighted by atomic mass is 16.4. The zero-order chi connectivity index (χ0) is 17.4. The normalized spacial score (nSPS) is 20.6. The second kappa shape index (κ2) is 6.20. The number of carboxylic acid groups (broad SMARTS) is 1. The number of hydrogen-bond donors (Lipinski definition) is 2. The third-order valence-electron chi connectivity index (χ3n) is 5.15. The number of carbonyl (C=O) groups is 2. The number of benzene rings is 2. The van der Waals surface area contributed by atoms with Crippen LogP contribution in [0.1, 0.15) is 24.0 Å². The second-order valence-corrected chi connectivity index (χ2v) is 6.69. The first-order chi connectivity index (χ1) is 12.1. The summed E-state index contributed by atoms with van der Waals surface area (Å²) in [5.41, 5.74) is 5.67. The SMILES string of the molecule is O=C(Nc1ccc2c(c1)Cc1ccccc1-2)[C@H]1CC=CC[C@H]1C(=O)O. The average Bonchev–Trinajstić information content (AvgIpc) is 2.99. The molecule has 0 bridgehead atoms. The van der Waals surface area contributed by atoms with Crippen molar-refractivity contribution in [2.45, 2.75) is 19.3 Å². The van der Waals surface area contributed by atoms with Crippen molar-refractivity contribution < 1.29 is 14.7 Å². The standard InChI is InChI=1S/C21H19NO3/c23-20(18-7-3-4-8-19(18)21(24)25)22-15-9-10-17-14(12-15)11-13-5-1-2-6-16(13)17/h1-6,9-10,12,18-19H,7-8,11H2,(H,22,23)(H,24,25)/t18-,19+/m0/s1. The Balaban J connectivity index is 1.54. The molecule has 2 aromatic carbocycles. The first-order valence-electron chi connectivity index (χ1n) is 8.53. The van der Waals surface area contributed by atoms with Crippen LogP contribution in [0, 0.1) is 11.8 Å². The molecule has 0 heterocycles. The molecule has 0 spiro atoms. The van der Waals surface area contributed by atoms with Gasteiger partial charge in [0.2, 0.25) is 5.91 Å². The summed E-state index contributed by atoms with van der Waals surface area (Å²) < 4.78 is 0. The first-order valence-corrected chi connectivity index (χ1v) is 8.53. The minimum atomic E-state index is -0.908. The van der Waals surface area contributed by atoms with Crippen LogP contribution in [0.2, 0.25) is 0 Å². The van der Waals surface area contributed by atoms with Gasteiger partial charge in [-0.3, -0.25) is 9.59 Å². The number of carboxylic acids is 1. The molecule has 126 valence electrons. The van der Waals surface area contributed by atoms with Crippen molar-refractivity contribution in [3.63, 3.8) is 0 Å². The molecule has 0 radical (unpaired) electrons. The van der Waals surface area contributed by atoms with Crippen molar-refractivity contribution in [3.8, 4) is 11.1 Å². The Labute approximate surface area is 146 Å². The van der Waals surface area contributed by atoms with Crippen LogP contribution in [0.3, 0.4) is 0 Å². The van der Waals surface area contributed by atoms with Gasteiger partial charge in [-0.2, -0.15) is 0 Å². The minimum Gasteiger partial charge on any atom is -0.481 e. The molecule has 4 heteroatoms. The highest BCUT2D eigenvalue weighted by Crippen LogP contribution is 2.37. The molecular formula is C21H19NO3. The maximum absolute atomic E-state index is 12.6. The van der Waals surface area contributed by atoms with E-state index in [1.165, 1.54) is 22.3 Å². The molecule has 0 unspecified atom stereocenters. The molecule has 0 saturated carbocycles. The van der Waals surface area contributed by atoms with Gasteiger partial charge in [0, 0.05) is 5.69 Å². The molecule has 1 amide bonds. The van der Waals surface area contributed by atoms with E-state index in [4.69, 9.17) is 0 Å². The predicted molar refractivity (Wildman–Crippen MR) is 96.3 cm³/mol. The lowest BCUT2D eigenvalue weighted by molar-refractivity contribution is -0.146. The van der Waals surface area contributed by atoms with Crippen LogP contribution in [-0.2, 0) is 16.0 Å². The fraction of sp³-hybridized carbons (Fsp3) is 0.238. The van der Waals surface area contributed by atoms with Crippen LogP contribution in [0.4, 0.5) is 5.69 Å². The van der Waals surface area contributed by atoms with Gasteiger partial charge in [-0.25, -0.2) is 0 Å². The summed E-state index contributed by atoms with van der Waals surface area (Å²) in [4.78, 5) is 24.0. The zero-order valence-corrected chi connectivity index (χ0v) is 13.7. The molecular weight excluding hydrogens is 314 g/mol. The molecule has 2 N–H and O–H groups in total. The Morgan fingerprint density at radius 2 is 1.64 bits per heavy atom. The Bertz CT molecular complexity index is 884. The van der Waals surface area contributed by atoms with E-state index in [-0.39, 0.29) is 5.91 Å². The van der Waals surface area contributed by atoms with Gasteiger partial charge in [0.25, 0.3) is 0 Å². The van der Waals surface area contributed by atoms with E-state index < -0.39 is 17.8 Å². The molecule has 0 aliphatic heterocycles. The summed E-state index contributed by atoms with van der Waals surface area (Å²) in [5.74, 6) is -2.29. The number of nitrogens with one attached hydrogen (secondary N) is 1. The van der Waals surface area contributed by atoms with Crippen LogP contribution < -0.4 is 5.32 Å². The summed E-state index contributed by atoms with van der Waals surface area (Å²) in [6, 6.07) is 14.2. The largest absolute Gasteiger partial charge is 0.481 e. The van der Waals surface area contributed by atoms with Gasteiger partial charge in [-0.1, -0.05) is 42.5 Å². The Morgan fingerprint density at radius 3 is 2.44 bits per heavy atom. The van der Waals surface area contributed by atoms with Crippen LogP contribution in [0.15, 0.2) is 54.6 Å². The summed E-state index contributed by atoms with van der Waals surface area (Å²) in [6.45, 7) is 0. The fourth-order valence-corrected chi connectivity index (χ4v) is 3.83. The summed E-state index contributed by atoms with van der Waals surface area (Å²) in [5, 5.41) is 12.3. The molecule has 2 aliphatic carbocycles. The molecule has 0 aromatic heterocycles. The number of anilines is 1. The third-order valence-corrected chi connectivity index (χ3v) is 5.15. The quantitative estimate of drug-likeness (QED) is 0.715. The number of hydrogen-bond acceptors (Lipinski definition) is 2. The van der Waals surface area contributed by atoms with Gasteiger partial charge in [0.15, 0.2) is 0 Å². The van der Waals surface area contributed by atoms with Crippen LogP contribution >= 0.6 is 0 Å². The number of allylic oxidation sites excluding steroid dienone is 2. The fourth-order valence-electron chi connectivity index (χ4n) is 3.83. The number of aliphatic carboxylic acids is 1. The van der Waals surface area contributed by atoms with Gasteiger partial charge in [-0.15, -0.1) is 0 Å². The van der Waals surface area contributed by atoms with Crippen molar-refractivity contribution >= 4 is 17.6 Å². The minimum absolute atomic E-state index is 0.216. The maximum Gasteiger partial charge on any atom is 0.307 e. The lowest BCUT2D eigenvalue weighted by Crippen LogP contribution is -2.34. The van der Waals surface area contributed by atoms with Gasteiger partial charge >= 0.3 is 5.97 Å². The smallest absolute Gasteiger partial charge is 0.307 e. The van der Waals surface area contributed by atoms with Crippen LogP contribution in [0.25, 0.3) is 11.1 Å². The van der Waals surface area contributed by atoms with Crippen molar-refractivity contribution in [1.82, 2.24) is 0 Å². The molecule has 0 fully saturated rings.